The Kier molecular flexibility index (Phi) is 6.02. The molecule has 1 atom stereocenters. The van der Waals surface area contributed by atoms with Gasteiger partial charge in [-0.2, -0.15) is 23.5 Å². The summed E-state index contributed by atoms with van der Waals surface area (Å²) in [6.07, 6.45) is 4.22. The van der Waals surface area contributed by atoms with Gasteiger partial charge in [0.15, 0.2) is 0 Å². The lowest BCUT2D eigenvalue weighted by Gasteiger charge is -2.08. The third kappa shape index (κ3) is 4.99. The Morgan fingerprint density at radius 2 is 2.20 bits per heavy atom. The molecular formula is C6H12O2S2. The van der Waals surface area contributed by atoms with Crippen LogP contribution < -0.4 is 0 Å². The van der Waals surface area contributed by atoms with Gasteiger partial charge in [-0.1, -0.05) is 0 Å². The summed E-state index contributed by atoms with van der Waals surface area (Å²) in [6.45, 7) is 0. The minimum absolute atomic E-state index is 0.271. The Morgan fingerprint density at radius 3 is 2.50 bits per heavy atom. The molecule has 0 bridgehead atoms. The molecule has 0 heterocycles. The Balaban J connectivity index is 3.49. The molecule has 0 aliphatic heterocycles. The number of carboxylic acid groups (broad SMARTS) is 1. The molecule has 0 aromatic carbocycles. The Labute approximate surface area is 69.8 Å². The lowest BCUT2D eigenvalue weighted by molar-refractivity contribution is -0.136. The second-order valence-electron chi connectivity index (χ2n) is 1.91. The minimum Gasteiger partial charge on any atom is -0.481 e. The molecule has 2 nitrogen and oxygen atoms in total. The molecule has 0 saturated heterocycles. The average Bonchev–Trinajstić information content (AvgIpc) is 1.86. The van der Waals surface area contributed by atoms with Gasteiger partial charge in [0, 0.05) is 11.0 Å². The maximum atomic E-state index is 10.2. The molecule has 0 spiro atoms. The molecule has 0 aromatic rings. The van der Waals surface area contributed by atoms with Crippen molar-refractivity contribution in [2.75, 3.05) is 18.3 Å². The van der Waals surface area contributed by atoms with Crippen LogP contribution in [-0.4, -0.2) is 34.6 Å². The summed E-state index contributed by atoms with van der Waals surface area (Å²) in [4.78, 5) is 10.2. The topological polar surface area (TPSA) is 37.3 Å². The van der Waals surface area contributed by atoms with E-state index in [1.165, 1.54) is 0 Å². The maximum absolute atomic E-state index is 10.2. The zero-order valence-electron chi connectivity index (χ0n) is 6.16. The minimum atomic E-state index is -0.701. The summed E-state index contributed by atoms with van der Waals surface area (Å²) < 4.78 is 0. The van der Waals surface area contributed by atoms with Crippen LogP contribution >= 0.6 is 23.5 Å². The van der Waals surface area contributed by atoms with Gasteiger partial charge in [-0.05, 0) is 12.5 Å². The summed E-state index contributed by atoms with van der Waals surface area (Å²) in [5, 5.41) is 8.69. The number of carbonyl (C=O) groups is 1. The molecular weight excluding hydrogens is 168 g/mol. The molecule has 0 radical (unpaired) electrons. The Bertz CT molecular complexity index is 106. The number of hydrogen-bond acceptors (Lipinski definition) is 3. The first kappa shape index (κ1) is 10.2. The lowest BCUT2D eigenvalue weighted by atomic mass is 10.3. The summed E-state index contributed by atoms with van der Waals surface area (Å²) in [5.41, 5.74) is 0. The zero-order valence-corrected chi connectivity index (χ0v) is 7.80. The third-order valence-electron chi connectivity index (χ3n) is 1.09. The van der Waals surface area contributed by atoms with Crippen molar-refractivity contribution in [3.05, 3.63) is 0 Å². The monoisotopic (exact) mass is 180 g/mol. The van der Waals surface area contributed by atoms with Crippen molar-refractivity contribution in [3.8, 4) is 0 Å². The van der Waals surface area contributed by atoms with Gasteiger partial charge in [-0.15, -0.1) is 0 Å². The van der Waals surface area contributed by atoms with Crippen LogP contribution in [0, 0.1) is 0 Å². The number of carboxylic acids is 1. The van der Waals surface area contributed by atoms with Gasteiger partial charge in [-0.3, -0.25) is 4.79 Å². The largest absolute Gasteiger partial charge is 0.481 e. The second kappa shape index (κ2) is 5.92. The van der Waals surface area contributed by atoms with Gasteiger partial charge in [0.05, 0.1) is 6.42 Å². The van der Waals surface area contributed by atoms with Gasteiger partial charge in [0.25, 0.3) is 0 Å². The van der Waals surface area contributed by atoms with Crippen molar-refractivity contribution in [3.63, 3.8) is 0 Å². The summed E-state index contributed by atoms with van der Waals surface area (Å²) in [7, 11) is 0. The molecule has 4 heteroatoms. The molecule has 0 amide bonds. The predicted molar refractivity (Wildman–Crippen MR) is 47.9 cm³/mol. The van der Waals surface area contributed by atoms with Crippen LogP contribution in [0.2, 0.25) is 0 Å². The van der Waals surface area contributed by atoms with Crippen LogP contribution in [0.4, 0.5) is 0 Å². The molecule has 0 aliphatic carbocycles. The fourth-order valence-corrected chi connectivity index (χ4v) is 2.34. The van der Waals surface area contributed by atoms with E-state index in [0.717, 1.165) is 5.75 Å². The molecule has 0 fully saturated rings. The van der Waals surface area contributed by atoms with Crippen molar-refractivity contribution >= 4 is 29.5 Å². The molecule has 10 heavy (non-hydrogen) atoms. The van der Waals surface area contributed by atoms with Gasteiger partial charge in [0.1, 0.15) is 0 Å². The van der Waals surface area contributed by atoms with E-state index in [-0.39, 0.29) is 11.7 Å². The van der Waals surface area contributed by atoms with E-state index >= 15 is 0 Å². The number of thioether (sulfide) groups is 2. The van der Waals surface area contributed by atoms with E-state index in [1.807, 2.05) is 12.5 Å². The first-order chi connectivity index (χ1) is 4.70. The van der Waals surface area contributed by atoms with E-state index in [4.69, 9.17) is 5.11 Å². The molecule has 0 rings (SSSR count). The van der Waals surface area contributed by atoms with Crippen LogP contribution in [-0.2, 0) is 4.79 Å². The van der Waals surface area contributed by atoms with Crippen molar-refractivity contribution in [1.29, 1.82) is 0 Å². The quantitative estimate of drug-likeness (QED) is 0.696. The molecule has 1 N–H and O–H groups in total. The summed E-state index contributed by atoms with van der Waals surface area (Å²) in [5.74, 6) is 0.224. The Hall–Kier alpha value is 0.170. The average molecular weight is 180 g/mol. The van der Waals surface area contributed by atoms with E-state index in [0.29, 0.717) is 0 Å². The lowest BCUT2D eigenvalue weighted by Crippen LogP contribution is -2.11. The fourth-order valence-electron chi connectivity index (χ4n) is 0.591. The molecule has 0 aromatic heterocycles. The third-order valence-corrected chi connectivity index (χ3v) is 3.03. The first-order valence-corrected chi connectivity index (χ1v) is 5.62. The van der Waals surface area contributed by atoms with Crippen LogP contribution in [0.1, 0.15) is 6.42 Å². The molecule has 60 valence electrons. The number of aliphatic carboxylic acids is 1. The summed E-state index contributed by atoms with van der Waals surface area (Å²) >= 11 is 3.31. The van der Waals surface area contributed by atoms with Gasteiger partial charge < -0.3 is 5.11 Å². The maximum Gasteiger partial charge on any atom is 0.304 e. The summed E-state index contributed by atoms with van der Waals surface area (Å²) in [6, 6.07) is 0. The van der Waals surface area contributed by atoms with Crippen molar-refractivity contribution in [1.82, 2.24) is 0 Å². The fraction of sp³-hybridized carbons (Fsp3) is 0.833. The van der Waals surface area contributed by atoms with Crippen LogP contribution in [0.5, 0.6) is 0 Å². The molecule has 1 unspecified atom stereocenters. The van der Waals surface area contributed by atoms with Crippen LogP contribution in [0.15, 0.2) is 0 Å². The van der Waals surface area contributed by atoms with Crippen LogP contribution in [0.25, 0.3) is 0 Å². The van der Waals surface area contributed by atoms with Gasteiger partial charge >= 0.3 is 5.97 Å². The van der Waals surface area contributed by atoms with Gasteiger partial charge in [-0.25, -0.2) is 0 Å². The highest BCUT2D eigenvalue weighted by Crippen LogP contribution is 2.15. The smallest absolute Gasteiger partial charge is 0.304 e. The molecule has 0 saturated carbocycles. The highest BCUT2D eigenvalue weighted by molar-refractivity contribution is 8.02. The number of hydrogen-bond donors (Lipinski definition) is 1. The van der Waals surface area contributed by atoms with Crippen LogP contribution in [0.3, 0.4) is 0 Å². The van der Waals surface area contributed by atoms with E-state index < -0.39 is 5.97 Å². The zero-order chi connectivity index (χ0) is 7.98. The van der Waals surface area contributed by atoms with Crippen molar-refractivity contribution in [2.45, 2.75) is 11.7 Å². The standard InChI is InChI=1S/C6H12O2S2/c1-9-4-5(10-2)3-6(7)8/h5H,3-4H2,1-2H3,(H,7,8). The van der Waals surface area contributed by atoms with E-state index in [1.54, 1.807) is 23.5 Å². The van der Waals surface area contributed by atoms with E-state index in [2.05, 4.69) is 0 Å². The van der Waals surface area contributed by atoms with E-state index in [9.17, 15) is 4.79 Å². The normalized spacial score (nSPS) is 13.0. The first-order valence-electron chi connectivity index (χ1n) is 2.94. The molecule has 0 aliphatic rings. The Morgan fingerprint density at radius 1 is 1.60 bits per heavy atom. The number of rotatable bonds is 5. The highest BCUT2D eigenvalue weighted by atomic mass is 32.2. The predicted octanol–water partition coefficient (Wildman–Crippen LogP) is 1.56. The van der Waals surface area contributed by atoms with Crippen molar-refractivity contribution < 1.29 is 9.90 Å². The van der Waals surface area contributed by atoms with Gasteiger partial charge in [0.2, 0.25) is 0 Å². The highest BCUT2D eigenvalue weighted by Gasteiger charge is 2.09. The SMILES string of the molecule is CSCC(CC(=O)O)SC. The van der Waals surface area contributed by atoms with Crippen molar-refractivity contribution in [2.24, 2.45) is 0 Å². The second-order valence-corrected chi connectivity index (χ2v) is 3.96.